The van der Waals surface area contributed by atoms with Crippen LogP contribution in [0.5, 0.6) is 0 Å². The maximum atomic E-state index is 14.3. The van der Waals surface area contributed by atoms with Crippen LogP contribution in [0.4, 0.5) is 8.78 Å². The van der Waals surface area contributed by atoms with Gasteiger partial charge >= 0.3 is 5.97 Å². The van der Waals surface area contributed by atoms with Crippen molar-refractivity contribution in [2.75, 3.05) is 0 Å². The smallest absolute Gasteiger partial charge is 0.314 e. The second kappa shape index (κ2) is 4.58. The molecule has 1 aliphatic rings. The summed E-state index contributed by atoms with van der Waals surface area (Å²) in [5.41, 5.74) is -1.30. The van der Waals surface area contributed by atoms with Crippen LogP contribution in [0, 0.1) is 11.6 Å². The normalized spacial score (nSPS) is 18.3. The Morgan fingerprint density at radius 3 is 2.55 bits per heavy atom. The summed E-state index contributed by atoms with van der Waals surface area (Å²) in [6.45, 7) is 0. The number of fused-ring (bicyclic) bond motifs is 1. The van der Waals surface area contributed by atoms with Crippen molar-refractivity contribution in [3.05, 3.63) is 35.6 Å². The van der Waals surface area contributed by atoms with E-state index in [2.05, 4.69) is 0 Å². The minimum Gasteiger partial charge on any atom is -0.481 e. The van der Waals surface area contributed by atoms with Crippen LogP contribution in [0.1, 0.15) is 37.7 Å². The van der Waals surface area contributed by atoms with Gasteiger partial charge in [-0.3, -0.25) is 4.79 Å². The maximum absolute atomic E-state index is 14.3. The van der Waals surface area contributed by atoms with Gasteiger partial charge in [-0.05, 0) is 18.9 Å². The van der Waals surface area contributed by atoms with Crippen molar-refractivity contribution < 1.29 is 23.1 Å². The molecular weight excluding hydrogens is 266 g/mol. The van der Waals surface area contributed by atoms with E-state index >= 15 is 0 Å². The van der Waals surface area contributed by atoms with Crippen LogP contribution in [-0.2, 0) is 10.2 Å². The highest BCUT2D eigenvalue weighted by atomic mass is 19.1. The molecule has 106 valence electrons. The van der Waals surface area contributed by atoms with E-state index in [-0.39, 0.29) is 16.5 Å². The second-order valence-electron chi connectivity index (χ2n) is 5.33. The number of hydrogen-bond donors (Lipinski definition) is 1. The zero-order valence-corrected chi connectivity index (χ0v) is 10.8. The van der Waals surface area contributed by atoms with E-state index in [4.69, 9.17) is 4.42 Å². The molecule has 1 saturated carbocycles. The van der Waals surface area contributed by atoms with Gasteiger partial charge in [-0.1, -0.05) is 19.3 Å². The molecule has 1 aromatic carbocycles. The molecule has 0 amide bonds. The predicted molar refractivity (Wildman–Crippen MR) is 68.5 cm³/mol. The van der Waals surface area contributed by atoms with Crippen LogP contribution in [0.25, 0.3) is 11.0 Å². The summed E-state index contributed by atoms with van der Waals surface area (Å²) in [5, 5.41) is 9.76. The van der Waals surface area contributed by atoms with Crippen LogP contribution in [-0.4, -0.2) is 11.1 Å². The lowest BCUT2D eigenvalue weighted by molar-refractivity contribution is -0.145. The second-order valence-corrected chi connectivity index (χ2v) is 5.33. The zero-order valence-electron chi connectivity index (χ0n) is 10.8. The first-order chi connectivity index (χ1) is 9.56. The van der Waals surface area contributed by atoms with Crippen LogP contribution >= 0.6 is 0 Å². The van der Waals surface area contributed by atoms with Crippen molar-refractivity contribution in [3.8, 4) is 0 Å². The number of carboxylic acids is 1. The molecule has 1 fully saturated rings. The Labute approximate surface area is 114 Å². The molecule has 0 aliphatic heterocycles. The molecule has 5 heteroatoms. The molecule has 0 unspecified atom stereocenters. The topological polar surface area (TPSA) is 50.4 Å². The van der Waals surface area contributed by atoms with Gasteiger partial charge in [-0.15, -0.1) is 0 Å². The minimum atomic E-state index is -1.31. The largest absolute Gasteiger partial charge is 0.481 e. The zero-order chi connectivity index (χ0) is 14.3. The molecule has 0 atom stereocenters. The Bertz CT molecular complexity index is 669. The lowest BCUT2D eigenvalue weighted by Crippen LogP contribution is -2.38. The summed E-state index contributed by atoms with van der Waals surface area (Å²) in [6.07, 6.45) is 4.31. The first kappa shape index (κ1) is 13.1. The molecule has 0 spiro atoms. The standard InChI is InChI=1S/C15H14F2O3/c16-10-8-11(17)12(13-9(10)4-7-20-13)15(14(18)19)5-2-1-3-6-15/h4,7-8H,1-3,5-6H2,(H,18,19). The van der Waals surface area contributed by atoms with E-state index in [1.807, 2.05) is 0 Å². The van der Waals surface area contributed by atoms with Gasteiger partial charge in [0.1, 0.15) is 17.2 Å². The fourth-order valence-corrected chi connectivity index (χ4v) is 3.23. The minimum absolute atomic E-state index is 0.00824. The number of carboxylic acid groups (broad SMARTS) is 1. The maximum Gasteiger partial charge on any atom is 0.314 e. The SMILES string of the molecule is O=C(O)C1(c2c(F)cc(F)c3ccoc23)CCCCC1. The van der Waals surface area contributed by atoms with Crippen LogP contribution in [0.2, 0.25) is 0 Å². The van der Waals surface area contributed by atoms with Crippen LogP contribution in [0.3, 0.4) is 0 Å². The van der Waals surface area contributed by atoms with Gasteiger partial charge in [0.15, 0.2) is 0 Å². The van der Waals surface area contributed by atoms with Gasteiger partial charge in [-0.2, -0.15) is 0 Å². The highest BCUT2D eigenvalue weighted by molar-refractivity contribution is 5.90. The fourth-order valence-electron chi connectivity index (χ4n) is 3.23. The molecular formula is C15H14F2O3. The summed E-state index contributed by atoms with van der Waals surface area (Å²) in [6, 6.07) is 2.15. The molecule has 0 bridgehead atoms. The van der Waals surface area contributed by atoms with E-state index in [0.717, 1.165) is 12.5 Å². The number of halogens is 2. The van der Waals surface area contributed by atoms with E-state index in [9.17, 15) is 18.7 Å². The summed E-state index contributed by atoms with van der Waals surface area (Å²) in [4.78, 5) is 11.8. The van der Waals surface area contributed by atoms with Gasteiger partial charge in [0, 0.05) is 11.6 Å². The average Bonchev–Trinajstić information content (AvgIpc) is 2.89. The van der Waals surface area contributed by atoms with Crippen molar-refractivity contribution >= 4 is 16.9 Å². The van der Waals surface area contributed by atoms with Gasteiger partial charge < -0.3 is 9.52 Å². The molecule has 0 saturated heterocycles. The Morgan fingerprint density at radius 1 is 1.20 bits per heavy atom. The molecule has 1 N–H and O–H groups in total. The monoisotopic (exact) mass is 280 g/mol. The van der Waals surface area contributed by atoms with Crippen molar-refractivity contribution in [3.63, 3.8) is 0 Å². The fraction of sp³-hybridized carbons (Fsp3) is 0.400. The Kier molecular flexibility index (Phi) is 3.00. The van der Waals surface area contributed by atoms with Crippen molar-refractivity contribution in [1.29, 1.82) is 0 Å². The predicted octanol–water partition coefficient (Wildman–Crippen LogP) is 4.00. The Morgan fingerprint density at radius 2 is 1.90 bits per heavy atom. The van der Waals surface area contributed by atoms with Gasteiger partial charge in [-0.25, -0.2) is 8.78 Å². The summed E-state index contributed by atoms with van der Waals surface area (Å²) in [5.74, 6) is -2.64. The van der Waals surface area contributed by atoms with E-state index in [1.165, 1.54) is 12.3 Å². The lowest BCUT2D eigenvalue weighted by Gasteiger charge is -2.33. The number of benzene rings is 1. The van der Waals surface area contributed by atoms with Crippen molar-refractivity contribution in [2.45, 2.75) is 37.5 Å². The average molecular weight is 280 g/mol. The van der Waals surface area contributed by atoms with Crippen molar-refractivity contribution in [1.82, 2.24) is 0 Å². The molecule has 2 aromatic rings. The first-order valence-corrected chi connectivity index (χ1v) is 6.65. The lowest BCUT2D eigenvalue weighted by atomic mass is 9.69. The third kappa shape index (κ3) is 1.72. The summed E-state index contributed by atoms with van der Waals surface area (Å²) < 4.78 is 33.2. The molecule has 3 nitrogen and oxygen atoms in total. The van der Waals surface area contributed by atoms with E-state index in [0.29, 0.717) is 25.7 Å². The van der Waals surface area contributed by atoms with Gasteiger partial charge in [0.25, 0.3) is 0 Å². The molecule has 1 aliphatic carbocycles. The molecule has 1 heterocycles. The number of rotatable bonds is 2. The highest BCUT2D eigenvalue weighted by Crippen LogP contribution is 2.44. The van der Waals surface area contributed by atoms with Crippen molar-refractivity contribution in [2.24, 2.45) is 0 Å². The summed E-state index contributed by atoms with van der Waals surface area (Å²) >= 11 is 0. The summed E-state index contributed by atoms with van der Waals surface area (Å²) in [7, 11) is 0. The van der Waals surface area contributed by atoms with E-state index in [1.54, 1.807) is 0 Å². The molecule has 1 aromatic heterocycles. The van der Waals surface area contributed by atoms with E-state index < -0.39 is 23.0 Å². The quantitative estimate of drug-likeness (QED) is 0.904. The molecule has 0 radical (unpaired) electrons. The number of hydrogen-bond acceptors (Lipinski definition) is 2. The molecule has 20 heavy (non-hydrogen) atoms. The number of aliphatic carboxylic acids is 1. The highest BCUT2D eigenvalue weighted by Gasteiger charge is 2.45. The third-order valence-corrected chi connectivity index (χ3v) is 4.24. The Balaban J connectivity index is 2.31. The number of carbonyl (C=O) groups is 1. The number of furan rings is 1. The van der Waals surface area contributed by atoms with Crippen LogP contribution in [0.15, 0.2) is 22.8 Å². The molecule has 3 rings (SSSR count). The van der Waals surface area contributed by atoms with Gasteiger partial charge in [0.2, 0.25) is 0 Å². The third-order valence-electron chi connectivity index (χ3n) is 4.24. The van der Waals surface area contributed by atoms with Crippen LogP contribution < -0.4 is 0 Å². The first-order valence-electron chi connectivity index (χ1n) is 6.65. The Hall–Kier alpha value is -1.91. The van der Waals surface area contributed by atoms with Gasteiger partial charge in [0.05, 0.1) is 17.1 Å².